The van der Waals surface area contributed by atoms with Gasteiger partial charge in [0.1, 0.15) is 5.60 Å². The summed E-state index contributed by atoms with van der Waals surface area (Å²) < 4.78 is 5.58. The highest BCUT2D eigenvalue weighted by molar-refractivity contribution is 5.68. The van der Waals surface area contributed by atoms with Crippen LogP contribution in [-0.4, -0.2) is 67.3 Å². The van der Waals surface area contributed by atoms with Crippen molar-refractivity contribution in [3.63, 3.8) is 0 Å². The van der Waals surface area contributed by atoms with Crippen molar-refractivity contribution in [2.45, 2.75) is 52.6 Å². The van der Waals surface area contributed by atoms with Crippen LogP contribution in [0.25, 0.3) is 0 Å². The maximum absolute atomic E-state index is 12.4. The van der Waals surface area contributed by atoms with Crippen LogP contribution in [0.2, 0.25) is 0 Å². The number of ether oxygens (including phenoxy) is 1. The molecule has 2 aliphatic rings. The second kappa shape index (κ2) is 8.34. The molecular weight excluding hydrogens is 290 g/mol. The normalized spacial score (nSPS) is 22.3. The van der Waals surface area contributed by atoms with Crippen LogP contribution in [0.4, 0.5) is 4.79 Å². The molecule has 0 aromatic heterocycles. The van der Waals surface area contributed by atoms with E-state index in [4.69, 9.17) is 4.74 Å². The van der Waals surface area contributed by atoms with Crippen LogP contribution >= 0.6 is 0 Å². The minimum absolute atomic E-state index is 0.146. The van der Waals surface area contributed by atoms with Gasteiger partial charge < -0.3 is 19.9 Å². The molecule has 1 aliphatic carbocycles. The highest BCUT2D eigenvalue weighted by Crippen LogP contribution is 2.30. The minimum atomic E-state index is -0.413. The van der Waals surface area contributed by atoms with Crippen LogP contribution < -0.4 is 5.32 Å². The Kier molecular flexibility index (Phi) is 6.72. The molecule has 1 N–H and O–H groups in total. The Bertz CT molecular complexity index is 377. The summed E-state index contributed by atoms with van der Waals surface area (Å²) in [5.74, 6) is 1.45. The van der Waals surface area contributed by atoms with Gasteiger partial charge in [-0.1, -0.05) is 6.92 Å². The molecule has 23 heavy (non-hydrogen) atoms. The molecule has 1 aliphatic heterocycles. The van der Waals surface area contributed by atoms with Gasteiger partial charge in [-0.2, -0.15) is 0 Å². The third kappa shape index (κ3) is 7.08. The van der Waals surface area contributed by atoms with E-state index >= 15 is 0 Å². The first-order valence-corrected chi connectivity index (χ1v) is 9.28. The maximum Gasteiger partial charge on any atom is 0.410 e. The monoisotopic (exact) mass is 325 g/mol. The second-order valence-electron chi connectivity index (χ2n) is 8.13. The first-order valence-electron chi connectivity index (χ1n) is 9.28. The van der Waals surface area contributed by atoms with E-state index in [9.17, 15) is 4.79 Å². The van der Waals surface area contributed by atoms with Crippen molar-refractivity contribution < 1.29 is 9.53 Å². The molecule has 0 aromatic rings. The molecule has 1 saturated carbocycles. The first-order chi connectivity index (χ1) is 10.9. The van der Waals surface area contributed by atoms with Gasteiger partial charge in [0, 0.05) is 26.2 Å². The Morgan fingerprint density at radius 1 is 1.26 bits per heavy atom. The van der Waals surface area contributed by atoms with Crippen molar-refractivity contribution in [2.75, 3.05) is 45.8 Å². The second-order valence-corrected chi connectivity index (χ2v) is 8.13. The van der Waals surface area contributed by atoms with Crippen LogP contribution in [0.5, 0.6) is 0 Å². The first kappa shape index (κ1) is 18.5. The van der Waals surface area contributed by atoms with Gasteiger partial charge >= 0.3 is 6.09 Å². The highest BCUT2D eigenvalue weighted by Gasteiger charge is 2.30. The molecule has 5 heteroatoms. The van der Waals surface area contributed by atoms with Gasteiger partial charge in [-0.05, 0) is 71.5 Å². The van der Waals surface area contributed by atoms with E-state index in [1.807, 2.05) is 25.7 Å². The van der Waals surface area contributed by atoms with E-state index in [0.717, 1.165) is 51.7 Å². The number of hydrogen-bond acceptors (Lipinski definition) is 4. The van der Waals surface area contributed by atoms with Gasteiger partial charge in [0.2, 0.25) is 0 Å². The molecule has 134 valence electrons. The molecule has 2 rings (SSSR count). The van der Waals surface area contributed by atoms with Crippen molar-refractivity contribution >= 4 is 6.09 Å². The summed E-state index contributed by atoms with van der Waals surface area (Å²) in [6, 6.07) is 0. The Morgan fingerprint density at radius 2 is 2.00 bits per heavy atom. The number of nitrogens with zero attached hydrogens (tertiary/aromatic N) is 2. The zero-order valence-electron chi connectivity index (χ0n) is 15.4. The smallest absolute Gasteiger partial charge is 0.410 e. The summed E-state index contributed by atoms with van der Waals surface area (Å²) in [6.07, 6.45) is 3.64. The molecule has 0 spiro atoms. The molecule has 5 nitrogen and oxygen atoms in total. The number of amides is 1. The van der Waals surface area contributed by atoms with E-state index in [1.165, 1.54) is 19.3 Å². The average molecular weight is 325 g/mol. The van der Waals surface area contributed by atoms with Crippen LogP contribution in [-0.2, 0) is 4.74 Å². The minimum Gasteiger partial charge on any atom is -0.444 e. The van der Waals surface area contributed by atoms with E-state index in [-0.39, 0.29) is 6.09 Å². The summed E-state index contributed by atoms with van der Waals surface area (Å²) in [6.45, 7) is 15.1. The Hall–Kier alpha value is -0.810. The Balaban J connectivity index is 1.76. The summed E-state index contributed by atoms with van der Waals surface area (Å²) in [7, 11) is 0. The van der Waals surface area contributed by atoms with Crippen LogP contribution in [0.15, 0.2) is 0 Å². The van der Waals surface area contributed by atoms with Crippen molar-refractivity contribution in [1.82, 2.24) is 15.1 Å². The number of hydrogen-bond donors (Lipinski definition) is 1. The lowest BCUT2D eigenvalue weighted by Crippen LogP contribution is -2.42. The summed E-state index contributed by atoms with van der Waals surface area (Å²) in [4.78, 5) is 16.8. The molecular formula is C18H35N3O2. The fraction of sp³-hybridized carbons (Fsp3) is 0.944. The highest BCUT2D eigenvalue weighted by atomic mass is 16.6. The van der Waals surface area contributed by atoms with Crippen molar-refractivity contribution in [3.8, 4) is 0 Å². The maximum atomic E-state index is 12.4. The zero-order valence-corrected chi connectivity index (χ0v) is 15.4. The summed E-state index contributed by atoms with van der Waals surface area (Å²) >= 11 is 0. The van der Waals surface area contributed by atoms with Gasteiger partial charge in [0.15, 0.2) is 0 Å². The van der Waals surface area contributed by atoms with Gasteiger partial charge in [0.05, 0.1) is 0 Å². The third-order valence-electron chi connectivity index (χ3n) is 4.57. The lowest BCUT2D eigenvalue weighted by Gasteiger charge is -2.29. The lowest BCUT2D eigenvalue weighted by molar-refractivity contribution is 0.0226. The molecule has 1 heterocycles. The van der Waals surface area contributed by atoms with Crippen molar-refractivity contribution in [2.24, 2.45) is 11.8 Å². The SMILES string of the molecule is CCNCC1CCN(CCN(CC2CC2)C(=O)OC(C)(C)C)C1. The average Bonchev–Trinajstić information content (AvgIpc) is 3.16. The van der Waals surface area contributed by atoms with Crippen LogP contribution in [0.1, 0.15) is 47.0 Å². The topological polar surface area (TPSA) is 44.8 Å². The van der Waals surface area contributed by atoms with Crippen molar-refractivity contribution in [1.29, 1.82) is 0 Å². The van der Waals surface area contributed by atoms with Gasteiger partial charge in [-0.3, -0.25) is 0 Å². The molecule has 1 unspecified atom stereocenters. The fourth-order valence-electron chi connectivity index (χ4n) is 3.09. The van der Waals surface area contributed by atoms with E-state index < -0.39 is 5.60 Å². The molecule has 1 saturated heterocycles. The number of rotatable bonds is 8. The largest absolute Gasteiger partial charge is 0.444 e. The van der Waals surface area contributed by atoms with E-state index in [0.29, 0.717) is 5.92 Å². The lowest BCUT2D eigenvalue weighted by atomic mass is 10.1. The third-order valence-corrected chi connectivity index (χ3v) is 4.57. The zero-order chi connectivity index (χ0) is 16.9. The molecule has 0 radical (unpaired) electrons. The molecule has 1 atom stereocenters. The summed E-state index contributed by atoms with van der Waals surface area (Å²) in [5, 5.41) is 3.44. The molecule has 2 fully saturated rings. The van der Waals surface area contributed by atoms with Gasteiger partial charge in [-0.15, -0.1) is 0 Å². The Labute approximate surface area is 141 Å². The Morgan fingerprint density at radius 3 is 2.61 bits per heavy atom. The quantitative estimate of drug-likeness (QED) is 0.745. The van der Waals surface area contributed by atoms with Crippen LogP contribution in [0.3, 0.4) is 0 Å². The van der Waals surface area contributed by atoms with Crippen molar-refractivity contribution in [3.05, 3.63) is 0 Å². The summed E-state index contributed by atoms with van der Waals surface area (Å²) in [5.41, 5.74) is -0.413. The molecule has 0 bridgehead atoms. The number of likely N-dealkylation sites (tertiary alicyclic amines) is 1. The number of carbonyl (C=O) groups excluding carboxylic acids is 1. The standard InChI is InChI=1S/C18H35N3O2/c1-5-19-12-16-8-9-20(13-16)10-11-21(14-15-6-7-15)17(22)23-18(2,3)4/h15-16,19H,5-14H2,1-4H3. The van der Waals surface area contributed by atoms with Gasteiger partial charge in [0.25, 0.3) is 0 Å². The van der Waals surface area contributed by atoms with E-state index in [1.54, 1.807) is 0 Å². The van der Waals surface area contributed by atoms with E-state index in [2.05, 4.69) is 17.1 Å². The number of carbonyl (C=O) groups is 1. The molecule has 0 aromatic carbocycles. The number of nitrogens with one attached hydrogen (secondary N) is 1. The fourth-order valence-corrected chi connectivity index (χ4v) is 3.09. The van der Waals surface area contributed by atoms with Gasteiger partial charge in [-0.25, -0.2) is 4.79 Å². The predicted molar refractivity (Wildman–Crippen MR) is 93.6 cm³/mol. The van der Waals surface area contributed by atoms with Crippen LogP contribution in [0, 0.1) is 11.8 Å². The predicted octanol–water partition coefficient (Wildman–Crippen LogP) is 2.56. The molecule has 1 amide bonds.